The van der Waals surface area contributed by atoms with Crippen molar-refractivity contribution in [2.45, 2.75) is 10.9 Å². The van der Waals surface area contributed by atoms with E-state index < -0.39 is 0 Å². The van der Waals surface area contributed by atoms with Crippen molar-refractivity contribution >= 4 is 11.8 Å². The maximum atomic E-state index is 13.3. The highest BCUT2D eigenvalue weighted by molar-refractivity contribution is 7.98. The second-order valence-electron chi connectivity index (χ2n) is 5.23. The molecule has 0 aliphatic heterocycles. The number of nitrogen functional groups attached to an aromatic ring is 1. The molecule has 0 saturated carbocycles. The Morgan fingerprint density at radius 2 is 2.04 bits per heavy atom. The van der Waals surface area contributed by atoms with Crippen LogP contribution in [0.1, 0.15) is 5.89 Å². The van der Waals surface area contributed by atoms with Crippen LogP contribution < -0.4 is 5.84 Å². The van der Waals surface area contributed by atoms with Crippen molar-refractivity contribution in [2.24, 2.45) is 0 Å². The van der Waals surface area contributed by atoms with Crippen molar-refractivity contribution in [3.05, 3.63) is 60.5 Å². The molecule has 1 aromatic carbocycles. The average molecular weight is 369 g/mol. The zero-order valence-electron chi connectivity index (χ0n) is 13.3. The Morgan fingerprint density at radius 3 is 2.85 bits per heavy atom. The van der Waals surface area contributed by atoms with Gasteiger partial charge in [-0.1, -0.05) is 29.1 Å². The highest BCUT2D eigenvalue weighted by atomic mass is 32.2. The molecule has 0 aliphatic rings. The van der Waals surface area contributed by atoms with Crippen LogP contribution in [0.25, 0.3) is 22.8 Å². The third-order valence-corrected chi connectivity index (χ3v) is 4.39. The number of thioether (sulfide) groups is 1. The number of pyridine rings is 1. The highest BCUT2D eigenvalue weighted by Gasteiger charge is 2.15. The van der Waals surface area contributed by atoms with Gasteiger partial charge in [0, 0.05) is 23.5 Å². The Morgan fingerprint density at radius 1 is 1.15 bits per heavy atom. The number of aromatic nitrogens is 6. The van der Waals surface area contributed by atoms with Gasteiger partial charge in [0.2, 0.25) is 16.9 Å². The Labute approximate surface area is 151 Å². The largest absolute Gasteiger partial charge is 0.338 e. The van der Waals surface area contributed by atoms with Gasteiger partial charge in [0.25, 0.3) is 0 Å². The van der Waals surface area contributed by atoms with Crippen LogP contribution >= 0.6 is 11.8 Å². The van der Waals surface area contributed by atoms with E-state index in [4.69, 9.17) is 10.4 Å². The van der Waals surface area contributed by atoms with Gasteiger partial charge in [-0.3, -0.25) is 4.98 Å². The number of nitrogens with zero attached hydrogens (tertiary/aromatic N) is 6. The first-order valence-electron chi connectivity index (χ1n) is 7.53. The molecule has 130 valence electrons. The molecule has 0 radical (unpaired) electrons. The van der Waals surface area contributed by atoms with Gasteiger partial charge in [0.05, 0.1) is 5.75 Å². The molecule has 0 atom stereocenters. The molecule has 0 spiro atoms. The molecule has 2 N–H and O–H groups in total. The number of halogens is 1. The van der Waals surface area contributed by atoms with Crippen LogP contribution in [-0.4, -0.2) is 30.0 Å². The molecule has 0 amide bonds. The summed E-state index contributed by atoms with van der Waals surface area (Å²) in [5.41, 5.74) is 1.31. The summed E-state index contributed by atoms with van der Waals surface area (Å²) in [6, 6.07) is 9.64. The first-order valence-corrected chi connectivity index (χ1v) is 8.51. The summed E-state index contributed by atoms with van der Waals surface area (Å²) >= 11 is 1.30. The molecule has 3 aromatic heterocycles. The summed E-state index contributed by atoms with van der Waals surface area (Å²) in [7, 11) is 0. The van der Waals surface area contributed by atoms with Crippen molar-refractivity contribution in [3.8, 4) is 22.8 Å². The first-order chi connectivity index (χ1) is 12.7. The van der Waals surface area contributed by atoms with Crippen LogP contribution in [-0.2, 0) is 5.75 Å². The van der Waals surface area contributed by atoms with E-state index in [9.17, 15) is 4.39 Å². The van der Waals surface area contributed by atoms with E-state index in [0.717, 1.165) is 5.56 Å². The standard InChI is InChI=1S/C16H12FN7OS/c17-12-5-1-3-10(7-12)14-20-13(25-23-14)9-26-16-22-21-15(24(16)18)11-4-2-6-19-8-11/h1-8H,9,18H2. The zero-order chi connectivity index (χ0) is 17.9. The third kappa shape index (κ3) is 3.26. The van der Waals surface area contributed by atoms with Crippen molar-refractivity contribution in [3.63, 3.8) is 0 Å². The molecule has 3 heterocycles. The lowest BCUT2D eigenvalue weighted by molar-refractivity contribution is 0.391. The molecule has 0 saturated heterocycles. The average Bonchev–Trinajstić information content (AvgIpc) is 3.28. The molecule has 10 heteroatoms. The number of hydrogen-bond donors (Lipinski definition) is 1. The fraction of sp³-hybridized carbons (Fsp3) is 0.0625. The van der Waals surface area contributed by atoms with Crippen LogP contribution in [0.15, 0.2) is 58.5 Å². The molecule has 4 aromatic rings. The lowest BCUT2D eigenvalue weighted by Crippen LogP contribution is -2.11. The normalized spacial score (nSPS) is 11.0. The Kier molecular flexibility index (Phi) is 4.32. The zero-order valence-corrected chi connectivity index (χ0v) is 14.1. The van der Waals surface area contributed by atoms with E-state index >= 15 is 0 Å². The van der Waals surface area contributed by atoms with Gasteiger partial charge in [-0.2, -0.15) is 4.98 Å². The van der Waals surface area contributed by atoms with Crippen LogP contribution in [0.5, 0.6) is 0 Å². The van der Waals surface area contributed by atoms with Crippen LogP contribution in [0, 0.1) is 5.82 Å². The summed E-state index contributed by atoms with van der Waals surface area (Å²) < 4.78 is 19.9. The Balaban J connectivity index is 1.48. The lowest BCUT2D eigenvalue weighted by Gasteiger charge is -2.01. The molecule has 8 nitrogen and oxygen atoms in total. The van der Waals surface area contributed by atoms with Crippen LogP contribution in [0.3, 0.4) is 0 Å². The van der Waals surface area contributed by atoms with Crippen LogP contribution in [0.2, 0.25) is 0 Å². The van der Waals surface area contributed by atoms with Gasteiger partial charge < -0.3 is 10.4 Å². The molecule has 0 fully saturated rings. The van der Waals surface area contributed by atoms with Crippen molar-refractivity contribution < 1.29 is 8.91 Å². The summed E-state index contributed by atoms with van der Waals surface area (Å²) in [6.45, 7) is 0. The fourth-order valence-corrected chi connectivity index (χ4v) is 2.95. The number of benzene rings is 1. The molecular weight excluding hydrogens is 357 g/mol. The number of rotatable bonds is 5. The number of hydrogen-bond acceptors (Lipinski definition) is 8. The molecular formula is C16H12FN7OS. The van der Waals surface area contributed by atoms with E-state index in [0.29, 0.717) is 34.0 Å². The smallest absolute Gasteiger partial charge is 0.237 e. The third-order valence-electron chi connectivity index (χ3n) is 3.46. The minimum Gasteiger partial charge on any atom is -0.338 e. The van der Waals surface area contributed by atoms with Gasteiger partial charge in [-0.15, -0.1) is 10.2 Å². The highest BCUT2D eigenvalue weighted by Crippen LogP contribution is 2.24. The van der Waals surface area contributed by atoms with E-state index in [1.807, 2.05) is 6.07 Å². The minimum absolute atomic E-state index is 0.324. The SMILES string of the molecule is Nn1c(SCc2nc(-c3cccc(F)c3)no2)nnc1-c1cccnc1. The summed E-state index contributed by atoms with van der Waals surface area (Å²) in [5, 5.41) is 12.5. The summed E-state index contributed by atoms with van der Waals surface area (Å²) in [6.07, 6.45) is 3.33. The summed E-state index contributed by atoms with van der Waals surface area (Å²) in [5.74, 6) is 7.25. The second kappa shape index (κ2) is 6.92. The molecule has 0 bridgehead atoms. The van der Waals surface area contributed by atoms with Crippen molar-refractivity contribution in [1.29, 1.82) is 0 Å². The molecule has 4 rings (SSSR count). The Bertz CT molecular complexity index is 1030. The van der Waals surface area contributed by atoms with E-state index in [-0.39, 0.29) is 5.82 Å². The summed E-state index contributed by atoms with van der Waals surface area (Å²) in [4.78, 5) is 8.30. The van der Waals surface area contributed by atoms with Gasteiger partial charge in [0.1, 0.15) is 5.82 Å². The fourth-order valence-electron chi connectivity index (χ4n) is 2.25. The molecule has 0 aliphatic carbocycles. The predicted octanol–water partition coefficient (Wildman–Crippen LogP) is 2.54. The predicted molar refractivity (Wildman–Crippen MR) is 92.7 cm³/mol. The topological polar surface area (TPSA) is 109 Å². The van der Waals surface area contributed by atoms with E-state index in [1.54, 1.807) is 30.6 Å². The quantitative estimate of drug-likeness (QED) is 0.422. The van der Waals surface area contributed by atoms with Crippen LogP contribution in [0.4, 0.5) is 4.39 Å². The maximum absolute atomic E-state index is 13.3. The number of nitrogens with two attached hydrogens (primary N) is 1. The van der Waals surface area contributed by atoms with Crippen molar-refractivity contribution in [2.75, 3.05) is 5.84 Å². The monoisotopic (exact) mass is 369 g/mol. The first kappa shape index (κ1) is 16.2. The Hall–Kier alpha value is -3.27. The van der Waals surface area contributed by atoms with Gasteiger partial charge in [-0.25, -0.2) is 9.07 Å². The lowest BCUT2D eigenvalue weighted by atomic mass is 10.2. The van der Waals surface area contributed by atoms with Gasteiger partial charge in [-0.05, 0) is 24.3 Å². The maximum Gasteiger partial charge on any atom is 0.237 e. The minimum atomic E-state index is -0.359. The second-order valence-corrected chi connectivity index (χ2v) is 6.17. The molecule has 26 heavy (non-hydrogen) atoms. The van der Waals surface area contributed by atoms with E-state index in [1.165, 1.54) is 28.6 Å². The van der Waals surface area contributed by atoms with E-state index in [2.05, 4.69) is 25.3 Å². The molecule has 0 unspecified atom stereocenters. The van der Waals surface area contributed by atoms with Gasteiger partial charge >= 0.3 is 0 Å². The van der Waals surface area contributed by atoms with Crippen molar-refractivity contribution in [1.82, 2.24) is 30.0 Å². The van der Waals surface area contributed by atoms with Gasteiger partial charge in [0.15, 0.2) is 5.82 Å².